The van der Waals surface area contributed by atoms with Crippen LogP contribution in [0.3, 0.4) is 0 Å². The van der Waals surface area contributed by atoms with E-state index in [-0.39, 0.29) is 43.2 Å². The van der Waals surface area contributed by atoms with Crippen molar-refractivity contribution in [1.82, 2.24) is 9.88 Å². The number of para-hydroxylation sites is 1. The van der Waals surface area contributed by atoms with Gasteiger partial charge in [0.25, 0.3) is 39.5 Å². The summed E-state index contributed by atoms with van der Waals surface area (Å²) in [5.41, 5.74) is -8.34. The van der Waals surface area contributed by atoms with Crippen LogP contribution in [0.15, 0.2) is 170 Å². The zero-order chi connectivity index (χ0) is 103. The van der Waals surface area contributed by atoms with E-state index in [0.717, 1.165) is 11.1 Å². The minimum absolute atomic E-state index is 0.226. The van der Waals surface area contributed by atoms with Gasteiger partial charge in [0.15, 0.2) is 0 Å². The number of benzene rings is 6. The maximum atomic E-state index is 12.0. The fourth-order valence-electron chi connectivity index (χ4n) is 12.2. The number of aromatic nitrogens is 1. The van der Waals surface area contributed by atoms with Crippen molar-refractivity contribution in [1.29, 1.82) is 0 Å². The number of carboxylic acid groups (broad SMARTS) is 12. The van der Waals surface area contributed by atoms with E-state index in [2.05, 4.69) is 4.98 Å². The number of ether oxygens (including phenoxy) is 7. The minimum Gasteiger partial charge on any atom is -0.479 e. The van der Waals surface area contributed by atoms with Crippen molar-refractivity contribution in [3.63, 3.8) is 0 Å². The first-order chi connectivity index (χ1) is 60.7. The monoisotopic (exact) mass is 1900 g/mol. The van der Waals surface area contributed by atoms with Crippen molar-refractivity contribution in [2.75, 3.05) is 19.8 Å². The molecule has 1 aromatic heterocycles. The lowest BCUT2D eigenvalue weighted by molar-refractivity contribution is -0.200. The number of pyridine rings is 1. The smallest absolute Gasteiger partial charge is 0.348 e. The molecule has 0 aliphatic carbocycles. The Hall–Kier alpha value is -13.0. The van der Waals surface area contributed by atoms with Crippen LogP contribution in [0, 0.1) is 13.8 Å². The normalized spacial score (nSPS) is 11.9. The summed E-state index contributed by atoms with van der Waals surface area (Å²) in [4.78, 5) is 156. The number of nitrogen functional groups attached to an aromatic ring is 1. The van der Waals surface area contributed by atoms with Crippen molar-refractivity contribution in [2.45, 2.75) is 244 Å². The Morgan fingerprint density at radius 1 is 0.316 bits per heavy atom. The molecule has 0 radical (unpaired) electrons. The number of aryl methyl sites for hydroxylation is 2. The highest BCUT2D eigenvalue weighted by atomic mass is 35.5. The second-order valence-electron chi connectivity index (χ2n) is 36.2. The van der Waals surface area contributed by atoms with Crippen molar-refractivity contribution in [3.05, 3.63) is 225 Å². The molecule has 7 rings (SSSR count). The molecule has 0 aliphatic heterocycles. The second-order valence-corrected chi connectivity index (χ2v) is 36.7. The second kappa shape index (κ2) is 49.5. The molecule has 39 heteroatoms. The SMILES string of the molecule is CC(C)(C)OC(Cc1ccc(Cl)nc1)(C(=O)O)C(=O)O.CC(C)(C)OC(Cc1cccc(N)c1)(C(=O)O)C(=O)O.CC(C)(C)OC(Cc1cccc(Oc2ccccc2)c1)(C(=O)O)C(=O)O.CN(C)C(=O)c1cccc(CC(OC(C)(C)C)(C(=O)O)C(=O)O)c1.Cc1ccc(CC(OC(C)(C)C)(C(=O)O)C(=O)O)cc1.Cc1cccc(CC(OC(C)(C)C)(C(=O)O)C(=O)O)c1.O=S=O. The number of carbonyl (C=O) groups excluding carboxylic acids is 1. The minimum atomic E-state index is -2.43. The predicted molar refractivity (Wildman–Crippen MR) is 484 cm³/mol. The lowest BCUT2D eigenvalue weighted by atomic mass is 9.92. The lowest BCUT2D eigenvalue weighted by Gasteiger charge is -2.33. The van der Waals surface area contributed by atoms with Crippen LogP contribution in [-0.2, 0) is 136 Å². The molecule has 0 saturated heterocycles. The standard InChI is InChI=1S/C20H22O6.C17H23NO6.2C15H20O5.C14H19NO5.C13H16ClNO5.O2S/c1-19(2,3)26-20(17(21)22,18(23)24)13-14-8-7-11-16(12-14)25-15-9-5-4-6-10-15;1-16(2,3)24-17(14(20)21,15(22)23)10-11-7-6-8-12(9-11)13(19)18(4)5;1-10-5-7-11(8-6-10)9-15(12(16)17,13(18)19)20-14(2,3)4;1-10-6-5-7-11(8-10)9-15(12(16)17,13(18)19)20-14(2,3)4;1-13(2,3)20-14(11(16)17,12(18)19)8-9-5-4-6-10(15)7-9;1-12(2,3)20-13(10(16)17,11(18)19)6-8-4-5-9(14)15-7-8;1-3-2/h4-12H,13H2,1-3H3,(H,21,22)(H,23,24);6-9H,10H2,1-5H3,(H,20,21)(H,22,23);2*5-8H,9H2,1-4H3,(H,16,17)(H,18,19);4-7H,8,15H2,1-3H3,(H,16,17)(H,18,19);4-5,7H,6H2,1-3H3,(H,16,17)(H,18,19);. The average molecular weight is 1900 g/mol. The van der Waals surface area contributed by atoms with Gasteiger partial charge in [0.05, 0.1) is 33.6 Å². The molecule has 37 nitrogen and oxygen atoms in total. The van der Waals surface area contributed by atoms with E-state index in [0.29, 0.717) is 56.1 Å². The molecule has 1 amide bonds. The lowest BCUT2D eigenvalue weighted by Crippen LogP contribution is -2.54. The van der Waals surface area contributed by atoms with Crippen LogP contribution in [0.2, 0.25) is 5.15 Å². The summed E-state index contributed by atoms with van der Waals surface area (Å²) >= 11 is 4.89. The Morgan fingerprint density at radius 3 is 0.865 bits per heavy atom. The van der Waals surface area contributed by atoms with E-state index in [1.807, 2.05) is 38.1 Å². The van der Waals surface area contributed by atoms with E-state index in [9.17, 15) is 124 Å². The number of amides is 1. The van der Waals surface area contributed by atoms with Gasteiger partial charge in [0.1, 0.15) is 16.7 Å². The molecule has 7 aromatic rings. The van der Waals surface area contributed by atoms with Crippen LogP contribution < -0.4 is 10.5 Å². The summed E-state index contributed by atoms with van der Waals surface area (Å²) in [6.07, 6.45) is -0.510. The molecule has 0 fully saturated rings. The molecule has 0 unspecified atom stereocenters. The maximum Gasteiger partial charge on any atom is 0.348 e. The van der Waals surface area contributed by atoms with Crippen molar-refractivity contribution >= 4 is 106 Å². The maximum absolute atomic E-state index is 12.0. The molecule has 133 heavy (non-hydrogen) atoms. The van der Waals surface area contributed by atoms with Crippen LogP contribution in [-0.4, -0.2) is 238 Å². The van der Waals surface area contributed by atoms with Crippen LogP contribution in [0.4, 0.5) is 5.69 Å². The number of hydrogen-bond donors (Lipinski definition) is 13. The predicted octanol–water partition coefficient (Wildman–Crippen LogP) is 12.8. The Kier molecular flexibility index (Phi) is 44.0. The van der Waals surface area contributed by atoms with Gasteiger partial charge >= 0.3 is 83.2 Å². The Balaban J connectivity index is 0.000000795. The van der Waals surface area contributed by atoms with Gasteiger partial charge < -0.3 is 105 Å². The fraction of sp³-hybridized carbons (Fsp3) is 0.426. The molecule has 1 heterocycles. The van der Waals surface area contributed by atoms with Gasteiger partial charge in [0, 0.05) is 70.1 Å². The molecule has 0 saturated carbocycles. The Labute approximate surface area is 778 Å². The molecule has 0 aliphatic rings. The third-order valence-electron chi connectivity index (χ3n) is 17.1. The van der Waals surface area contributed by atoms with E-state index < -0.39 is 157 Å². The van der Waals surface area contributed by atoms with Gasteiger partial charge in [-0.05, 0) is 226 Å². The number of nitrogens with two attached hydrogens (primary N) is 1. The summed E-state index contributed by atoms with van der Waals surface area (Å²) < 4.78 is 54.6. The van der Waals surface area contributed by atoms with Gasteiger partial charge in [-0.2, -0.15) is 8.42 Å². The number of nitrogens with zero attached hydrogens (tertiary/aromatic N) is 2. The number of carbonyl (C=O) groups is 13. The van der Waals surface area contributed by atoms with Crippen LogP contribution >= 0.6 is 11.6 Å². The first kappa shape index (κ1) is 118. The van der Waals surface area contributed by atoms with Gasteiger partial charge in [-0.3, -0.25) is 4.79 Å². The number of rotatable bonds is 33. The number of hydrogen-bond acceptors (Lipinski definition) is 24. The van der Waals surface area contributed by atoms with Gasteiger partial charge in [-0.1, -0.05) is 132 Å². The van der Waals surface area contributed by atoms with E-state index >= 15 is 0 Å². The summed E-state index contributed by atoms with van der Waals surface area (Å²) in [5, 5.41) is 113. The summed E-state index contributed by atoms with van der Waals surface area (Å²) in [7, 11) is 3.19. The van der Waals surface area contributed by atoms with Crippen LogP contribution in [0.1, 0.15) is 179 Å². The van der Waals surface area contributed by atoms with Gasteiger partial charge in [-0.25, -0.2) is 62.5 Å². The largest absolute Gasteiger partial charge is 0.479 e. The highest BCUT2D eigenvalue weighted by molar-refractivity contribution is 7.51. The number of carboxylic acids is 12. The highest BCUT2D eigenvalue weighted by Gasteiger charge is 2.56. The van der Waals surface area contributed by atoms with Crippen LogP contribution in [0.25, 0.3) is 0 Å². The fourth-order valence-corrected chi connectivity index (χ4v) is 12.3. The molecule has 0 atom stereocenters. The number of aliphatic carboxylic acids is 12. The Morgan fingerprint density at radius 2 is 0.579 bits per heavy atom. The number of anilines is 1. The van der Waals surface area contributed by atoms with Gasteiger partial charge in [0.2, 0.25) is 0 Å². The molecule has 6 aromatic carbocycles. The third-order valence-corrected chi connectivity index (χ3v) is 17.4. The quantitative estimate of drug-likeness (QED) is 0.0103. The van der Waals surface area contributed by atoms with E-state index in [1.165, 1.54) is 35.4 Å². The summed E-state index contributed by atoms with van der Waals surface area (Å²) in [6, 6.07) is 45.5. The third kappa shape index (κ3) is 38.8. The van der Waals surface area contributed by atoms with Crippen molar-refractivity contribution in [2.24, 2.45) is 0 Å². The summed E-state index contributed by atoms with van der Waals surface area (Å²) in [5.74, 6) is -17.6. The molecule has 728 valence electrons. The average Bonchev–Trinajstić information content (AvgIpc) is 0.959. The highest BCUT2D eigenvalue weighted by Crippen LogP contribution is 2.35. The zero-order valence-corrected chi connectivity index (χ0v) is 79.6. The zero-order valence-electron chi connectivity index (χ0n) is 78.0. The van der Waals surface area contributed by atoms with E-state index in [4.69, 9.17) is 58.9 Å². The molecule has 14 N–H and O–H groups in total. The molecular formula is C94H120ClN3O34S. The topological polar surface area (TPSA) is 606 Å². The first-order valence-corrected chi connectivity index (χ1v) is 41.4. The van der Waals surface area contributed by atoms with Gasteiger partial charge in [-0.15, -0.1) is 0 Å². The Bertz CT molecular complexity index is 4930. The molecule has 0 spiro atoms. The van der Waals surface area contributed by atoms with Crippen molar-refractivity contribution < 1.29 is 165 Å². The first-order valence-electron chi connectivity index (χ1n) is 40.3. The summed E-state index contributed by atoms with van der Waals surface area (Å²) in [6.45, 7) is 32.7. The van der Waals surface area contributed by atoms with Crippen LogP contribution in [0.5, 0.6) is 11.5 Å². The van der Waals surface area contributed by atoms with Crippen molar-refractivity contribution in [3.8, 4) is 11.5 Å². The molecule has 0 bridgehead atoms. The number of halogens is 1. The molecular weight excluding hydrogens is 1780 g/mol. The van der Waals surface area contributed by atoms with E-state index in [1.54, 1.807) is 254 Å².